The zero-order chi connectivity index (χ0) is 23.0. The number of nitrogens with one attached hydrogen (secondary N) is 1. The maximum atomic E-state index is 12.7. The lowest BCUT2D eigenvalue weighted by Crippen LogP contribution is -2.51. The predicted octanol–water partition coefficient (Wildman–Crippen LogP) is 2.23. The minimum Gasteiger partial charge on any atom is -0.322 e. The van der Waals surface area contributed by atoms with Gasteiger partial charge in [-0.1, -0.05) is 18.2 Å². The van der Waals surface area contributed by atoms with Crippen LogP contribution in [0.4, 0.5) is 10.5 Å². The third kappa shape index (κ3) is 3.87. The Kier molecular flexibility index (Phi) is 5.74. The smallest absolute Gasteiger partial charge is 0.321 e. The van der Waals surface area contributed by atoms with E-state index in [0.29, 0.717) is 11.3 Å². The van der Waals surface area contributed by atoms with E-state index < -0.39 is 10.0 Å². The third-order valence-corrected chi connectivity index (χ3v) is 7.51. The average molecular weight is 457 g/mol. The van der Waals surface area contributed by atoms with Crippen molar-refractivity contribution in [2.24, 2.45) is 0 Å². The Balaban J connectivity index is 1.41. The summed E-state index contributed by atoms with van der Waals surface area (Å²) < 4.78 is 26.8. The summed E-state index contributed by atoms with van der Waals surface area (Å²) in [6.45, 7) is 4.38. The number of hydrogen-bond donors (Lipinski definition) is 1. The first kappa shape index (κ1) is 22.0. The van der Waals surface area contributed by atoms with Crippen molar-refractivity contribution in [2.75, 3.05) is 31.5 Å². The lowest BCUT2D eigenvalue weighted by molar-refractivity contribution is 0.0609. The normalized spacial score (nSPS) is 17.1. The summed E-state index contributed by atoms with van der Waals surface area (Å²) in [6.07, 6.45) is 0. The molecule has 9 nitrogen and oxygen atoms in total. The first-order chi connectivity index (χ1) is 15.2. The number of carbonyl (C=O) groups is 3. The Bertz CT molecular complexity index is 1170. The predicted molar refractivity (Wildman–Crippen MR) is 118 cm³/mol. The summed E-state index contributed by atoms with van der Waals surface area (Å²) >= 11 is 0. The average Bonchev–Trinajstić information content (AvgIpc) is 3.04. The van der Waals surface area contributed by atoms with E-state index in [1.807, 2.05) is 0 Å². The molecule has 4 amide bonds. The van der Waals surface area contributed by atoms with Crippen molar-refractivity contribution < 1.29 is 22.8 Å². The molecule has 168 valence electrons. The van der Waals surface area contributed by atoms with Gasteiger partial charge < -0.3 is 10.2 Å². The second-order valence-electron chi connectivity index (χ2n) is 7.97. The van der Waals surface area contributed by atoms with Crippen LogP contribution >= 0.6 is 0 Å². The van der Waals surface area contributed by atoms with E-state index >= 15 is 0 Å². The number of anilines is 1. The van der Waals surface area contributed by atoms with Gasteiger partial charge in [0.1, 0.15) is 0 Å². The van der Waals surface area contributed by atoms with Gasteiger partial charge >= 0.3 is 6.03 Å². The number of fused-ring (bicyclic) bond motifs is 1. The van der Waals surface area contributed by atoms with Gasteiger partial charge in [-0.3, -0.25) is 14.5 Å². The first-order valence-corrected chi connectivity index (χ1v) is 11.8. The topological polar surface area (TPSA) is 107 Å². The van der Waals surface area contributed by atoms with Gasteiger partial charge in [0.2, 0.25) is 10.0 Å². The van der Waals surface area contributed by atoms with Crippen LogP contribution in [0.2, 0.25) is 0 Å². The number of hydrogen-bond acceptors (Lipinski definition) is 5. The lowest BCUT2D eigenvalue weighted by Gasteiger charge is -2.34. The van der Waals surface area contributed by atoms with Crippen molar-refractivity contribution in [3.8, 4) is 0 Å². The van der Waals surface area contributed by atoms with Gasteiger partial charge in [0.15, 0.2) is 0 Å². The van der Waals surface area contributed by atoms with E-state index in [9.17, 15) is 22.8 Å². The standard InChI is InChI=1S/C22H24N4O5S/c1-15(2)26-20(27)18-9-8-16(14-19(18)21(26)28)23-22(29)24-10-12-25(13-11-24)32(30,31)17-6-4-3-5-7-17/h3-9,14-15H,10-13H2,1-2H3,(H,23,29). The SMILES string of the molecule is CC(C)N1C(=O)c2ccc(NC(=O)N3CCN(S(=O)(=O)c4ccccc4)CC3)cc2C1=O. The summed E-state index contributed by atoms with van der Waals surface area (Å²) in [5.74, 6) is -0.718. The Morgan fingerprint density at radius 1 is 0.906 bits per heavy atom. The molecule has 10 heteroatoms. The third-order valence-electron chi connectivity index (χ3n) is 5.59. The summed E-state index contributed by atoms with van der Waals surface area (Å²) in [6, 6.07) is 12.2. The van der Waals surface area contributed by atoms with Crippen LogP contribution in [0.3, 0.4) is 0 Å². The minimum atomic E-state index is -3.60. The number of imide groups is 1. The molecule has 0 aliphatic carbocycles. The molecule has 2 aromatic rings. The van der Waals surface area contributed by atoms with Crippen molar-refractivity contribution >= 4 is 33.6 Å². The number of amides is 4. The second kappa shape index (κ2) is 8.36. The molecule has 0 saturated carbocycles. The van der Waals surface area contributed by atoms with Crippen LogP contribution in [0.15, 0.2) is 53.4 Å². The molecular formula is C22H24N4O5S. The van der Waals surface area contributed by atoms with Crippen molar-refractivity contribution in [1.29, 1.82) is 0 Å². The van der Waals surface area contributed by atoms with E-state index in [2.05, 4.69) is 5.32 Å². The fraction of sp³-hybridized carbons (Fsp3) is 0.318. The molecule has 1 N–H and O–H groups in total. The monoisotopic (exact) mass is 456 g/mol. The van der Waals surface area contributed by atoms with Crippen molar-refractivity contribution in [3.63, 3.8) is 0 Å². The second-order valence-corrected chi connectivity index (χ2v) is 9.91. The van der Waals surface area contributed by atoms with Crippen molar-refractivity contribution in [2.45, 2.75) is 24.8 Å². The molecule has 0 unspecified atom stereocenters. The van der Waals surface area contributed by atoms with Crippen molar-refractivity contribution in [3.05, 3.63) is 59.7 Å². The Labute approximate surface area is 186 Å². The highest BCUT2D eigenvalue weighted by Crippen LogP contribution is 2.27. The summed E-state index contributed by atoms with van der Waals surface area (Å²) in [7, 11) is -3.60. The molecule has 32 heavy (non-hydrogen) atoms. The molecule has 0 atom stereocenters. The molecule has 2 aliphatic rings. The number of sulfonamides is 1. The molecule has 0 spiro atoms. The highest BCUT2D eigenvalue weighted by Gasteiger charge is 2.37. The zero-order valence-corrected chi connectivity index (χ0v) is 18.6. The summed E-state index contributed by atoms with van der Waals surface area (Å²) in [5, 5.41) is 2.74. The minimum absolute atomic E-state index is 0.186. The van der Waals surface area contributed by atoms with Gasteiger partial charge in [0.05, 0.1) is 16.0 Å². The van der Waals surface area contributed by atoms with Crippen LogP contribution in [-0.4, -0.2) is 72.6 Å². The van der Waals surface area contributed by atoms with Crippen LogP contribution in [0.5, 0.6) is 0 Å². The molecular weight excluding hydrogens is 432 g/mol. The molecule has 0 aromatic heterocycles. The van der Waals surface area contributed by atoms with Gasteiger partial charge in [-0.2, -0.15) is 4.31 Å². The largest absolute Gasteiger partial charge is 0.322 e. The maximum absolute atomic E-state index is 12.7. The molecule has 4 rings (SSSR count). The Morgan fingerprint density at radius 2 is 1.53 bits per heavy atom. The highest BCUT2D eigenvalue weighted by molar-refractivity contribution is 7.89. The van der Waals surface area contributed by atoms with Gasteiger partial charge in [-0.05, 0) is 44.2 Å². The number of nitrogens with zero attached hydrogens (tertiary/aromatic N) is 3. The van der Waals surface area contributed by atoms with Crippen LogP contribution in [0.1, 0.15) is 34.6 Å². The van der Waals surface area contributed by atoms with Crippen LogP contribution in [-0.2, 0) is 10.0 Å². The number of benzene rings is 2. The van der Waals surface area contributed by atoms with Gasteiger partial charge in [-0.15, -0.1) is 0 Å². The Morgan fingerprint density at radius 3 is 2.16 bits per heavy atom. The van der Waals surface area contributed by atoms with Crippen LogP contribution < -0.4 is 5.32 Å². The Hall–Kier alpha value is -3.24. The number of urea groups is 1. The van der Waals surface area contributed by atoms with Crippen molar-refractivity contribution in [1.82, 2.24) is 14.1 Å². The van der Waals surface area contributed by atoms with E-state index in [4.69, 9.17) is 0 Å². The van der Waals surface area contributed by atoms with Gasteiger partial charge in [-0.25, -0.2) is 13.2 Å². The van der Waals surface area contributed by atoms with E-state index in [-0.39, 0.29) is 60.5 Å². The fourth-order valence-corrected chi connectivity index (χ4v) is 5.33. The molecule has 0 bridgehead atoms. The number of rotatable bonds is 4. The summed E-state index contributed by atoms with van der Waals surface area (Å²) in [4.78, 5) is 40.6. The van der Waals surface area contributed by atoms with Crippen LogP contribution in [0.25, 0.3) is 0 Å². The molecule has 2 aliphatic heterocycles. The number of carbonyl (C=O) groups excluding carboxylic acids is 3. The molecule has 2 aromatic carbocycles. The zero-order valence-electron chi connectivity index (χ0n) is 17.8. The van der Waals surface area contributed by atoms with E-state index in [0.717, 1.165) is 0 Å². The van der Waals surface area contributed by atoms with E-state index in [1.165, 1.54) is 26.2 Å². The first-order valence-electron chi connectivity index (χ1n) is 10.3. The summed E-state index contributed by atoms with van der Waals surface area (Å²) in [5.41, 5.74) is 0.988. The maximum Gasteiger partial charge on any atom is 0.321 e. The highest BCUT2D eigenvalue weighted by atomic mass is 32.2. The van der Waals surface area contributed by atoms with Crippen LogP contribution in [0, 0.1) is 0 Å². The molecule has 2 heterocycles. The van der Waals surface area contributed by atoms with E-state index in [1.54, 1.807) is 50.2 Å². The molecule has 0 radical (unpaired) electrons. The quantitative estimate of drug-likeness (QED) is 0.710. The fourth-order valence-electron chi connectivity index (χ4n) is 3.88. The van der Waals surface area contributed by atoms with Gasteiger partial charge in [0, 0.05) is 37.9 Å². The molecule has 1 saturated heterocycles. The number of piperazine rings is 1. The molecule has 1 fully saturated rings. The van der Waals surface area contributed by atoms with Gasteiger partial charge in [0.25, 0.3) is 11.8 Å². The lowest BCUT2D eigenvalue weighted by atomic mass is 10.1.